The maximum absolute atomic E-state index is 12.2. The molecule has 0 aromatic rings. The van der Waals surface area contributed by atoms with Crippen LogP contribution in [0.1, 0.15) is 12.8 Å². The van der Waals surface area contributed by atoms with Gasteiger partial charge in [-0.05, 0) is 12.8 Å². The van der Waals surface area contributed by atoms with E-state index in [1.54, 1.807) is 0 Å². The highest BCUT2D eigenvalue weighted by molar-refractivity contribution is 4.86. The number of aliphatic hydroxyl groups excluding tert-OH is 1. The normalized spacial score (nSPS) is 47.6. The highest BCUT2D eigenvalue weighted by Gasteiger charge is 2.31. The topological polar surface area (TPSA) is 46.2 Å². The zero-order valence-corrected chi connectivity index (χ0v) is 4.55. The van der Waals surface area contributed by atoms with Crippen LogP contribution in [0.2, 0.25) is 0 Å². The second-order valence-electron chi connectivity index (χ2n) is 2.25. The van der Waals surface area contributed by atoms with Crippen molar-refractivity contribution in [1.29, 1.82) is 0 Å². The SMILES string of the molecule is N[C@@H]1CC[C@@H](F)[C@H]1O. The van der Waals surface area contributed by atoms with Crippen molar-refractivity contribution in [3.63, 3.8) is 0 Å². The van der Waals surface area contributed by atoms with E-state index in [0.29, 0.717) is 12.8 Å². The summed E-state index contributed by atoms with van der Waals surface area (Å²) in [4.78, 5) is 0. The lowest BCUT2D eigenvalue weighted by molar-refractivity contribution is 0.0917. The van der Waals surface area contributed by atoms with E-state index < -0.39 is 12.3 Å². The minimum atomic E-state index is -1.08. The molecule has 0 saturated heterocycles. The molecule has 1 rings (SSSR count). The van der Waals surface area contributed by atoms with Crippen LogP contribution in [0.5, 0.6) is 0 Å². The molecule has 0 bridgehead atoms. The van der Waals surface area contributed by atoms with Gasteiger partial charge in [0.1, 0.15) is 12.3 Å². The van der Waals surface area contributed by atoms with Crippen molar-refractivity contribution in [2.45, 2.75) is 31.2 Å². The Morgan fingerprint density at radius 2 is 2.12 bits per heavy atom. The molecule has 3 atom stereocenters. The summed E-state index contributed by atoms with van der Waals surface area (Å²) in [5.41, 5.74) is 5.28. The third-order valence-corrected chi connectivity index (χ3v) is 1.59. The van der Waals surface area contributed by atoms with E-state index in [1.807, 2.05) is 0 Å². The summed E-state index contributed by atoms with van der Waals surface area (Å²) in [5.74, 6) is 0. The van der Waals surface area contributed by atoms with Crippen LogP contribution in [0, 0.1) is 0 Å². The third-order valence-electron chi connectivity index (χ3n) is 1.59. The first-order valence-electron chi connectivity index (χ1n) is 2.79. The van der Waals surface area contributed by atoms with Gasteiger partial charge in [0.15, 0.2) is 0 Å². The van der Waals surface area contributed by atoms with Crippen molar-refractivity contribution in [2.24, 2.45) is 5.73 Å². The first-order valence-corrected chi connectivity index (χ1v) is 2.79. The fourth-order valence-corrected chi connectivity index (χ4v) is 0.961. The number of nitrogens with two attached hydrogens (primary N) is 1. The van der Waals surface area contributed by atoms with Gasteiger partial charge in [-0.15, -0.1) is 0 Å². The molecule has 2 nitrogen and oxygen atoms in total. The molecule has 48 valence electrons. The van der Waals surface area contributed by atoms with E-state index in [1.165, 1.54) is 0 Å². The molecule has 0 radical (unpaired) electrons. The number of halogens is 1. The molecular weight excluding hydrogens is 109 g/mol. The van der Waals surface area contributed by atoms with Crippen LogP contribution in [0.4, 0.5) is 4.39 Å². The number of hydrogen-bond acceptors (Lipinski definition) is 2. The summed E-state index contributed by atoms with van der Waals surface area (Å²) in [6, 6.07) is -0.329. The molecule has 0 aromatic carbocycles. The Hall–Kier alpha value is -0.150. The quantitative estimate of drug-likeness (QED) is 0.464. The minimum absolute atomic E-state index is 0.329. The molecule has 8 heavy (non-hydrogen) atoms. The highest BCUT2D eigenvalue weighted by Crippen LogP contribution is 2.20. The molecule has 0 amide bonds. The van der Waals surface area contributed by atoms with E-state index in [9.17, 15) is 4.39 Å². The van der Waals surface area contributed by atoms with E-state index in [-0.39, 0.29) is 6.04 Å². The van der Waals surface area contributed by atoms with Gasteiger partial charge < -0.3 is 10.8 Å². The summed E-state index contributed by atoms with van der Waals surface area (Å²) >= 11 is 0. The largest absolute Gasteiger partial charge is 0.388 e. The van der Waals surface area contributed by atoms with Gasteiger partial charge in [0.25, 0.3) is 0 Å². The van der Waals surface area contributed by atoms with Gasteiger partial charge >= 0.3 is 0 Å². The van der Waals surface area contributed by atoms with Crippen LogP contribution in [0.25, 0.3) is 0 Å². The maximum atomic E-state index is 12.2. The van der Waals surface area contributed by atoms with E-state index in [4.69, 9.17) is 10.8 Å². The lowest BCUT2D eigenvalue weighted by Gasteiger charge is -2.07. The molecule has 0 aliphatic heterocycles. The highest BCUT2D eigenvalue weighted by atomic mass is 19.1. The Morgan fingerprint density at radius 3 is 2.25 bits per heavy atom. The molecule has 0 spiro atoms. The molecular formula is C5H10FNO. The third kappa shape index (κ3) is 0.833. The Kier molecular flexibility index (Phi) is 1.49. The first kappa shape index (κ1) is 5.98. The van der Waals surface area contributed by atoms with Crippen molar-refractivity contribution in [3.8, 4) is 0 Å². The van der Waals surface area contributed by atoms with Crippen molar-refractivity contribution in [3.05, 3.63) is 0 Å². The lowest BCUT2D eigenvalue weighted by Crippen LogP contribution is -2.33. The van der Waals surface area contributed by atoms with Gasteiger partial charge in [-0.3, -0.25) is 0 Å². The second-order valence-corrected chi connectivity index (χ2v) is 2.25. The fourth-order valence-electron chi connectivity index (χ4n) is 0.961. The monoisotopic (exact) mass is 119 g/mol. The lowest BCUT2D eigenvalue weighted by atomic mass is 10.2. The smallest absolute Gasteiger partial charge is 0.127 e. The van der Waals surface area contributed by atoms with Gasteiger partial charge in [0.05, 0.1) is 0 Å². The van der Waals surface area contributed by atoms with Crippen LogP contribution >= 0.6 is 0 Å². The van der Waals surface area contributed by atoms with Crippen molar-refractivity contribution < 1.29 is 9.50 Å². The standard InChI is InChI=1S/C5H10FNO/c6-3-1-2-4(7)5(3)8/h3-5,8H,1-2,7H2/t3-,4-,5-/m1/s1. The van der Waals surface area contributed by atoms with Crippen LogP contribution in [0.15, 0.2) is 0 Å². The maximum Gasteiger partial charge on any atom is 0.127 e. The molecule has 0 unspecified atom stereocenters. The summed E-state index contributed by atoms with van der Waals surface area (Å²) in [6.45, 7) is 0. The van der Waals surface area contributed by atoms with E-state index >= 15 is 0 Å². The first-order chi connectivity index (χ1) is 3.72. The number of hydrogen-bond donors (Lipinski definition) is 2. The zero-order chi connectivity index (χ0) is 6.15. The summed E-state index contributed by atoms with van der Waals surface area (Å²) in [5, 5.41) is 8.77. The Morgan fingerprint density at radius 1 is 1.50 bits per heavy atom. The average Bonchev–Trinajstić information content (AvgIpc) is 1.98. The Labute approximate surface area is 47.5 Å². The number of rotatable bonds is 0. The van der Waals surface area contributed by atoms with Crippen molar-refractivity contribution >= 4 is 0 Å². The molecule has 1 fully saturated rings. The number of alkyl halides is 1. The van der Waals surface area contributed by atoms with Crippen molar-refractivity contribution in [1.82, 2.24) is 0 Å². The van der Waals surface area contributed by atoms with Crippen molar-refractivity contribution in [2.75, 3.05) is 0 Å². The average molecular weight is 119 g/mol. The Balaban J connectivity index is 2.44. The van der Waals surface area contributed by atoms with Crippen LogP contribution in [-0.2, 0) is 0 Å². The van der Waals surface area contributed by atoms with Gasteiger partial charge in [0, 0.05) is 6.04 Å². The Bertz CT molecular complexity index is 78.5. The number of aliphatic hydroxyl groups is 1. The van der Waals surface area contributed by atoms with Crippen LogP contribution < -0.4 is 5.73 Å². The summed E-state index contributed by atoms with van der Waals surface area (Å²) < 4.78 is 12.2. The molecule has 3 heteroatoms. The van der Waals surface area contributed by atoms with E-state index in [0.717, 1.165) is 0 Å². The predicted molar refractivity (Wildman–Crippen MR) is 28.1 cm³/mol. The summed E-state index contributed by atoms with van der Waals surface area (Å²) in [6.07, 6.45) is -0.954. The fraction of sp³-hybridized carbons (Fsp3) is 1.00. The van der Waals surface area contributed by atoms with Gasteiger partial charge in [-0.25, -0.2) is 4.39 Å². The van der Waals surface area contributed by atoms with Crippen LogP contribution in [0.3, 0.4) is 0 Å². The van der Waals surface area contributed by atoms with Gasteiger partial charge in [-0.1, -0.05) is 0 Å². The van der Waals surface area contributed by atoms with E-state index in [2.05, 4.69) is 0 Å². The molecule has 1 aliphatic carbocycles. The molecule has 1 aliphatic rings. The second kappa shape index (κ2) is 1.99. The zero-order valence-electron chi connectivity index (χ0n) is 4.55. The van der Waals surface area contributed by atoms with Gasteiger partial charge in [0.2, 0.25) is 0 Å². The molecule has 1 saturated carbocycles. The molecule has 3 N–H and O–H groups in total. The molecule has 0 aromatic heterocycles. The van der Waals surface area contributed by atoms with Crippen LogP contribution in [-0.4, -0.2) is 23.4 Å². The predicted octanol–water partition coefficient (Wildman–Crippen LogP) is -0.193. The molecule has 0 heterocycles. The summed E-state index contributed by atoms with van der Waals surface area (Å²) in [7, 11) is 0. The van der Waals surface area contributed by atoms with Gasteiger partial charge in [-0.2, -0.15) is 0 Å². The minimum Gasteiger partial charge on any atom is -0.388 e.